The first-order valence-electron chi connectivity index (χ1n) is 8.22. The van der Waals surface area contributed by atoms with Crippen LogP contribution in [-0.2, 0) is 0 Å². The molecule has 1 N–H and O–H groups in total. The lowest BCUT2D eigenvalue weighted by atomic mass is 9.95. The Morgan fingerprint density at radius 1 is 0.944 bits per heavy atom. The number of rotatable bonds is 4. The number of hydrogen-bond donors (Lipinski definition) is 1. The molecular formula is C16H32N2. The Kier molecular flexibility index (Phi) is 5.97. The van der Waals surface area contributed by atoms with E-state index in [1.165, 1.54) is 70.9 Å². The lowest BCUT2D eigenvalue weighted by Crippen LogP contribution is -2.45. The number of nitrogens with zero attached hydrogens (tertiary/aromatic N) is 1. The summed E-state index contributed by atoms with van der Waals surface area (Å²) in [4.78, 5) is 2.46. The Morgan fingerprint density at radius 3 is 2.39 bits per heavy atom. The maximum Gasteiger partial charge on any atom is 0.00939 e. The Morgan fingerprint density at radius 2 is 1.67 bits per heavy atom. The third kappa shape index (κ3) is 4.55. The summed E-state index contributed by atoms with van der Waals surface area (Å²) in [5.74, 6) is 1.03. The van der Waals surface area contributed by atoms with Gasteiger partial charge in [0.15, 0.2) is 0 Å². The van der Waals surface area contributed by atoms with Crippen LogP contribution in [0.3, 0.4) is 0 Å². The molecule has 106 valence electrons. The molecular weight excluding hydrogens is 220 g/mol. The SMILES string of the molecule is CCCC1CCCC(NC2CCN(C)CC2)CC1. The standard InChI is InChI=1S/C16H32N2/c1-3-5-14-6-4-7-15(9-8-14)17-16-10-12-18(2)13-11-16/h14-17H,3-13H2,1-2H3. The average Bonchev–Trinajstić information content (AvgIpc) is 2.59. The van der Waals surface area contributed by atoms with E-state index in [0.29, 0.717) is 0 Å². The molecule has 0 aromatic heterocycles. The predicted octanol–water partition coefficient (Wildman–Crippen LogP) is 3.42. The third-order valence-electron chi connectivity index (χ3n) is 4.98. The highest BCUT2D eigenvalue weighted by Gasteiger charge is 2.22. The first kappa shape index (κ1) is 14.3. The average molecular weight is 252 g/mol. The van der Waals surface area contributed by atoms with Gasteiger partial charge < -0.3 is 10.2 Å². The summed E-state index contributed by atoms with van der Waals surface area (Å²) in [5.41, 5.74) is 0. The monoisotopic (exact) mass is 252 g/mol. The van der Waals surface area contributed by atoms with Crippen molar-refractivity contribution in [2.75, 3.05) is 20.1 Å². The predicted molar refractivity (Wildman–Crippen MR) is 78.9 cm³/mol. The fourth-order valence-corrected chi connectivity index (χ4v) is 3.75. The van der Waals surface area contributed by atoms with E-state index in [2.05, 4.69) is 24.2 Å². The van der Waals surface area contributed by atoms with Gasteiger partial charge in [0.1, 0.15) is 0 Å². The van der Waals surface area contributed by atoms with Gasteiger partial charge in [0.05, 0.1) is 0 Å². The maximum atomic E-state index is 3.95. The van der Waals surface area contributed by atoms with Crippen molar-refractivity contribution in [1.29, 1.82) is 0 Å². The molecule has 0 aromatic rings. The molecule has 1 saturated carbocycles. The van der Waals surface area contributed by atoms with E-state index in [1.54, 1.807) is 0 Å². The van der Waals surface area contributed by atoms with Crippen LogP contribution in [0.1, 0.15) is 64.7 Å². The topological polar surface area (TPSA) is 15.3 Å². The van der Waals surface area contributed by atoms with Crippen LogP contribution in [0.2, 0.25) is 0 Å². The lowest BCUT2D eigenvalue weighted by Gasteiger charge is -2.32. The van der Waals surface area contributed by atoms with Crippen molar-refractivity contribution in [2.45, 2.75) is 76.8 Å². The second-order valence-corrected chi connectivity index (χ2v) is 6.60. The second-order valence-electron chi connectivity index (χ2n) is 6.60. The fraction of sp³-hybridized carbons (Fsp3) is 1.00. The molecule has 0 bridgehead atoms. The van der Waals surface area contributed by atoms with Crippen LogP contribution < -0.4 is 5.32 Å². The Balaban J connectivity index is 1.70. The quantitative estimate of drug-likeness (QED) is 0.771. The van der Waals surface area contributed by atoms with Crippen molar-refractivity contribution >= 4 is 0 Å². The van der Waals surface area contributed by atoms with Crippen LogP contribution in [-0.4, -0.2) is 37.1 Å². The zero-order valence-electron chi connectivity index (χ0n) is 12.5. The summed E-state index contributed by atoms with van der Waals surface area (Å²) in [6.45, 7) is 4.89. The van der Waals surface area contributed by atoms with Gasteiger partial charge in [-0.15, -0.1) is 0 Å². The summed E-state index contributed by atoms with van der Waals surface area (Å²) >= 11 is 0. The van der Waals surface area contributed by atoms with Crippen molar-refractivity contribution in [3.63, 3.8) is 0 Å². The number of hydrogen-bond acceptors (Lipinski definition) is 2. The number of likely N-dealkylation sites (tertiary alicyclic amines) is 1. The van der Waals surface area contributed by atoms with Crippen molar-refractivity contribution < 1.29 is 0 Å². The van der Waals surface area contributed by atoms with Gasteiger partial charge in [0, 0.05) is 12.1 Å². The van der Waals surface area contributed by atoms with Gasteiger partial charge in [0.2, 0.25) is 0 Å². The van der Waals surface area contributed by atoms with Gasteiger partial charge in [-0.1, -0.05) is 32.6 Å². The molecule has 2 fully saturated rings. The van der Waals surface area contributed by atoms with Crippen molar-refractivity contribution in [1.82, 2.24) is 10.2 Å². The minimum absolute atomic E-state index is 0.800. The Labute approximate surface area is 114 Å². The molecule has 2 rings (SSSR count). The summed E-state index contributed by atoms with van der Waals surface area (Å²) in [5, 5.41) is 3.95. The van der Waals surface area contributed by atoms with Crippen LogP contribution in [0.25, 0.3) is 0 Å². The molecule has 1 saturated heterocycles. The van der Waals surface area contributed by atoms with Crippen LogP contribution in [0.5, 0.6) is 0 Å². The molecule has 0 amide bonds. The molecule has 0 aromatic carbocycles. The van der Waals surface area contributed by atoms with E-state index in [4.69, 9.17) is 0 Å². The number of piperidine rings is 1. The zero-order valence-corrected chi connectivity index (χ0v) is 12.5. The molecule has 0 spiro atoms. The lowest BCUT2D eigenvalue weighted by molar-refractivity contribution is 0.220. The van der Waals surface area contributed by atoms with Gasteiger partial charge in [-0.25, -0.2) is 0 Å². The van der Waals surface area contributed by atoms with Crippen molar-refractivity contribution in [3.05, 3.63) is 0 Å². The summed E-state index contributed by atoms with van der Waals surface area (Å²) in [7, 11) is 2.25. The highest BCUT2D eigenvalue weighted by molar-refractivity contribution is 4.82. The normalized spacial score (nSPS) is 32.3. The number of nitrogens with one attached hydrogen (secondary N) is 1. The van der Waals surface area contributed by atoms with E-state index in [-0.39, 0.29) is 0 Å². The molecule has 1 aliphatic heterocycles. The third-order valence-corrected chi connectivity index (χ3v) is 4.98. The molecule has 1 heterocycles. The molecule has 2 aliphatic rings. The minimum atomic E-state index is 0.800. The molecule has 18 heavy (non-hydrogen) atoms. The van der Waals surface area contributed by atoms with Crippen LogP contribution in [0.15, 0.2) is 0 Å². The molecule has 0 radical (unpaired) electrons. The van der Waals surface area contributed by atoms with Gasteiger partial charge in [-0.05, 0) is 58.2 Å². The van der Waals surface area contributed by atoms with Crippen LogP contribution in [0, 0.1) is 5.92 Å². The van der Waals surface area contributed by atoms with E-state index in [0.717, 1.165) is 18.0 Å². The largest absolute Gasteiger partial charge is 0.311 e. The molecule has 2 heteroatoms. The van der Waals surface area contributed by atoms with Crippen molar-refractivity contribution in [3.8, 4) is 0 Å². The van der Waals surface area contributed by atoms with E-state index in [1.807, 2.05) is 0 Å². The van der Waals surface area contributed by atoms with Gasteiger partial charge in [0.25, 0.3) is 0 Å². The highest BCUT2D eigenvalue weighted by Crippen LogP contribution is 2.27. The van der Waals surface area contributed by atoms with Crippen LogP contribution >= 0.6 is 0 Å². The van der Waals surface area contributed by atoms with Gasteiger partial charge >= 0.3 is 0 Å². The minimum Gasteiger partial charge on any atom is -0.311 e. The molecule has 1 aliphatic carbocycles. The Hall–Kier alpha value is -0.0800. The van der Waals surface area contributed by atoms with Gasteiger partial charge in [-0.3, -0.25) is 0 Å². The fourth-order valence-electron chi connectivity index (χ4n) is 3.75. The summed E-state index contributed by atoms with van der Waals surface area (Å²) < 4.78 is 0. The summed E-state index contributed by atoms with van der Waals surface area (Å²) in [6.07, 6.45) is 12.8. The first-order chi connectivity index (χ1) is 8.78. The van der Waals surface area contributed by atoms with Gasteiger partial charge in [-0.2, -0.15) is 0 Å². The summed E-state index contributed by atoms with van der Waals surface area (Å²) in [6, 6.07) is 1.62. The first-order valence-corrected chi connectivity index (χ1v) is 8.22. The van der Waals surface area contributed by atoms with E-state index in [9.17, 15) is 0 Å². The maximum absolute atomic E-state index is 3.95. The second kappa shape index (κ2) is 7.49. The van der Waals surface area contributed by atoms with Crippen molar-refractivity contribution in [2.24, 2.45) is 5.92 Å². The molecule has 2 nitrogen and oxygen atoms in total. The van der Waals surface area contributed by atoms with E-state index < -0.39 is 0 Å². The molecule has 2 unspecified atom stereocenters. The van der Waals surface area contributed by atoms with Crippen LogP contribution in [0.4, 0.5) is 0 Å². The molecule has 2 atom stereocenters. The Bertz CT molecular complexity index is 221. The smallest absolute Gasteiger partial charge is 0.00939 e. The van der Waals surface area contributed by atoms with E-state index >= 15 is 0 Å². The highest BCUT2D eigenvalue weighted by atomic mass is 15.1. The zero-order chi connectivity index (χ0) is 12.8.